The zero-order chi connectivity index (χ0) is 13.0. The highest BCUT2D eigenvalue weighted by Crippen LogP contribution is 2.20. The molecule has 18 heavy (non-hydrogen) atoms. The molecule has 1 aliphatic heterocycles. The van der Waals surface area contributed by atoms with Crippen molar-refractivity contribution < 1.29 is 14.3 Å². The molecule has 0 atom stereocenters. The van der Waals surface area contributed by atoms with Crippen LogP contribution in [0.2, 0.25) is 0 Å². The van der Waals surface area contributed by atoms with Crippen LogP contribution in [-0.4, -0.2) is 43.7 Å². The molecule has 4 heteroatoms. The predicted molar refractivity (Wildman–Crippen MR) is 68.8 cm³/mol. The van der Waals surface area contributed by atoms with Gasteiger partial charge in [0.1, 0.15) is 5.75 Å². The zero-order valence-electron chi connectivity index (χ0n) is 10.9. The van der Waals surface area contributed by atoms with Gasteiger partial charge in [-0.15, -0.1) is 0 Å². The minimum Gasteiger partial charge on any atom is -0.483 e. The first kappa shape index (κ1) is 12.9. The first-order chi connectivity index (χ1) is 8.68. The summed E-state index contributed by atoms with van der Waals surface area (Å²) in [5.74, 6) is 0.816. The standard InChI is InChI=1S/C14H19NO3/c1-11-4-3-5-13(12(11)2)18-10-14(16)15-6-8-17-9-7-15/h3-5H,6-10H2,1-2H3. The first-order valence-electron chi connectivity index (χ1n) is 6.23. The monoisotopic (exact) mass is 249 g/mol. The Balaban J connectivity index is 1.90. The lowest BCUT2D eigenvalue weighted by Crippen LogP contribution is -2.43. The second kappa shape index (κ2) is 5.87. The summed E-state index contributed by atoms with van der Waals surface area (Å²) < 4.78 is 10.8. The highest BCUT2D eigenvalue weighted by molar-refractivity contribution is 5.77. The summed E-state index contributed by atoms with van der Waals surface area (Å²) in [4.78, 5) is 13.7. The van der Waals surface area contributed by atoms with Gasteiger partial charge in [0.25, 0.3) is 5.91 Å². The molecule has 0 aromatic heterocycles. The van der Waals surface area contributed by atoms with Gasteiger partial charge in [-0.1, -0.05) is 12.1 Å². The van der Waals surface area contributed by atoms with Gasteiger partial charge in [-0.25, -0.2) is 0 Å². The molecule has 1 aliphatic rings. The Morgan fingerprint density at radius 2 is 2.06 bits per heavy atom. The normalized spacial score (nSPS) is 15.6. The Labute approximate surface area is 107 Å². The number of aryl methyl sites for hydroxylation is 1. The summed E-state index contributed by atoms with van der Waals surface area (Å²) in [6.45, 7) is 6.70. The van der Waals surface area contributed by atoms with Crippen molar-refractivity contribution in [3.05, 3.63) is 29.3 Å². The van der Waals surface area contributed by atoms with E-state index in [-0.39, 0.29) is 12.5 Å². The summed E-state index contributed by atoms with van der Waals surface area (Å²) in [5, 5.41) is 0. The van der Waals surface area contributed by atoms with Crippen LogP contribution in [0.5, 0.6) is 5.75 Å². The third kappa shape index (κ3) is 3.01. The molecule has 0 radical (unpaired) electrons. The number of morpholine rings is 1. The summed E-state index contributed by atoms with van der Waals surface area (Å²) in [7, 11) is 0. The van der Waals surface area contributed by atoms with Crippen molar-refractivity contribution in [2.45, 2.75) is 13.8 Å². The van der Waals surface area contributed by atoms with E-state index in [0.717, 1.165) is 11.3 Å². The van der Waals surface area contributed by atoms with Crippen LogP contribution in [0.4, 0.5) is 0 Å². The minimum absolute atomic E-state index is 0.0270. The molecule has 1 fully saturated rings. The van der Waals surface area contributed by atoms with Gasteiger partial charge in [-0.05, 0) is 31.0 Å². The number of amides is 1. The number of nitrogens with zero attached hydrogens (tertiary/aromatic N) is 1. The number of ether oxygens (including phenoxy) is 2. The van der Waals surface area contributed by atoms with Gasteiger partial charge in [-0.2, -0.15) is 0 Å². The van der Waals surface area contributed by atoms with E-state index >= 15 is 0 Å². The van der Waals surface area contributed by atoms with E-state index in [1.165, 1.54) is 5.56 Å². The molecule has 98 valence electrons. The molecule has 0 aliphatic carbocycles. The molecule has 0 N–H and O–H groups in total. The highest BCUT2D eigenvalue weighted by Gasteiger charge is 2.17. The number of carbonyl (C=O) groups is 1. The SMILES string of the molecule is Cc1cccc(OCC(=O)N2CCOCC2)c1C. The van der Waals surface area contributed by atoms with Crippen molar-refractivity contribution in [3.8, 4) is 5.75 Å². The maximum atomic E-state index is 11.9. The molecule has 1 amide bonds. The van der Waals surface area contributed by atoms with E-state index < -0.39 is 0 Å². The fraction of sp³-hybridized carbons (Fsp3) is 0.500. The van der Waals surface area contributed by atoms with Gasteiger partial charge in [0.2, 0.25) is 0 Å². The quantitative estimate of drug-likeness (QED) is 0.815. The minimum atomic E-state index is 0.0270. The largest absolute Gasteiger partial charge is 0.483 e. The number of benzene rings is 1. The van der Waals surface area contributed by atoms with Crippen molar-refractivity contribution in [2.75, 3.05) is 32.9 Å². The second-order valence-corrected chi connectivity index (χ2v) is 4.48. The fourth-order valence-electron chi connectivity index (χ4n) is 1.92. The lowest BCUT2D eigenvalue weighted by atomic mass is 10.1. The average Bonchev–Trinajstić information content (AvgIpc) is 2.41. The van der Waals surface area contributed by atoms with E-state index in [1.54, 1.807) is 4.90 Å². The first-order valence-corrected chi connectivity index (χ1v) is 6.23. The molecule has 2 rings (SSSR count). The Bertz CT molecular complexity index is 425. The lowest BCUT2D eigenvalue weighted by Gasteiger charge is -2.26. The van der Waals surface area contributed by atoms with E-state index in [4.69, 9.17) is 9.47 Å². The van der Waals surface area contributed by atoms with Gasteiger partial charge in [-0.3, -0.25) is 4.79 Å². The Morgan fingerprint density at radius 1 is 1.33 bits per heavy atom. The Kier molecular flexibility index (Phi) is 4.20. The molecule has 1 heterocycles. The maximum Gasteiger partial charge on any atom is 0.260 e. The average molecular weight is 249 g/mol. The van der Waals surface area contributed by atoms with Crippen LogP contribution in [0, 0.1) is 13.8 Å². The number of hydrogen-bond acceptors (Lipinski definition) is 3. The van der Waals surface area contributed by atoms with Crippen molar-refractivity contribution >= 4 is 5.91 Å². The van der Waals surface area contributed by atoms with Crippen molar-refractivity contribution in [1.82, 2.24) is 4.90 Å². The summed E-state index contributed by atoms with van der Waals surface area (Å²) in [5.41, 5.74) is 2.26. The topological polar surface area (TPSA) is 38.8 Å². The van der Waals surface area contributed by atoms with Crippen molar-refractivity contribution in [3.63, 3.8) is 0 Å². The maximum absolute atomic E-state index is 11.9. The van der Waals surface area contributed by atoms with Crippen molar-refractivity contribution in [1.29, 1.82) is 0 Å². The lowest BCUT2D eigenvalue weighted by molar-refractivity contribution is -0.137. The van der Waals surface area contributed by atoms with Crippen LogP contribution >= 0.6 is 0 Å². The molecule has 0 spiro atoms. The summed E-state index contributed by atoms with van der Waals surface area (Å²) >= 11 is 0. The van der Waals surface area contributed by atoms with Crippen LogP contribution in [0.15, 0.2) is 18.2 Å². The van der Waals surface area contributed by atoms with Crippen LogP contribution < -0.4 is 4.74 Å². The van der Waals surface area contributed by atoms with E-state index in [1.807, 2.05) is 32.0 Å². The third-order valence-corrected chi connectivity index (χ3v) is 3.27. The Hall–Kier alpha value is -1.55. The van der Waals surface area contributed by atoms with Gasteiger partial charge in [0, 0.05) is 13.1 Å². The third-order valence-electron chi connectivity index (χ3n) is 3.27. The van der Waals surface area contributed by atoms with Gasteiger partial charge >= 0.3 is 0 Å². The molecular weight excluding hydrogens is 230 g/mol. The van der Waals surface area contributed by atoms with Crippen LogP contribution in [0.3, 0.4) is 0 Å². The van der Waals surface area contributed by atoms with Crippen LogP contribution in [-0.2, 0) is 9.53 Å². The second-order valence-electron chi connectivity index (χ2n) is 4.48. The molecule has 0 unspecified atom stereocenters. The highest BCUT2D eigenvalue weighted by atomic mass is 16.5. The summed E-state index contributed by atoms with van der Waals surface area (Å²) in [6.07, 6.45) is 0. The van der Waals surface area contributed by atoms with Crippen LogP contribution in [0.25, 0.3) is 0 Å². The zero-order valence-corrected chi connectivity index (χ0v) is 10.9. The number of carbonyl (C=O) groups excluding carboxylic acids is 1. The number of rotatable bonds is 3. The summed E-state index contributed by atoms with van der Waals surface area (Å²) in [6, 6.07) is 5.87. The molecule has 1 saturated heterocycles. The van der Waals surface area contributed by atoms with Gasteiger partial charge in [0.15, 0.2) is 6.61 Å². The van der Waals surface area contributed by atoms with Crippen molar-refractivity contribution in [2.24, 2.45) is 0 Å². The van der Waals surface area contributed by atoms with E-state index in [9.17, 15) is 4.79 Å². The molecule has 4 nitrogen and oxygen atoms in total. The molecule has 1 aromatic rings. The molecule has 0 saturated carbocycles. The Morgan fingerprint density at radius 3 is 2.78 bits per heavy atom. The van der Waals surface area contributed by atoms with E-state index in [0.29, 0.717) is 26.3 Å². The van der Waals surface area contributed by atoms with Gasteiger partial charge in [0.05, 0.1) is 13.2 Å². The number of hydrogen-bond donors (Lipinski definition) is 0. The smallest absolute Gasteiger partial charge is 0.260 e. The van der Waals surface area contributed by atoms with E-state index in [2.05, 4.69) is 0 Å². The van der Waals surface area contributed by atoms with Gasteiger partial charge < -0.3 is 14.4 Å². The molecule has 0 bridgehead atoms. The molecule has 1 aromatic carbocycles. The molecular formula is C14H19NO3. The fourth-order valence-corrected chi connectivity index (χ4v) is 1.92. The predicted octanol–water partition coefficient (Wildman–Crippen LogP) is 1.54. The van der Waals surface area contributed by atoms with Crippen LogP contribution in [0.1, 0.15) is 11.1 Å².